The normalized spacial score (nSPS) is 10.5. The maximum atomic E-state index is 5.03. The second-order valence-electron chi connectivity index (χ2n) is 2.61. The molecule has 2 aromatic heterocycles. The molecule has 2 rings (SSSR count). The van der Waals surface area contributed by atoms with Crippen molar-refractivity contribution < 1.29 is 4.74 Å². The lowest BCUT2D eigenvalue weighted by molar-refractivity contribution is 0.400. The van der Waals surface area contributed by atoms with Gasteiger partial charge in [-0.3, -0.25) is 0 Å². The zero-order valence-corrected chi connectivity index (χ0v) is 7.81. The fourth-order valence-corrected chi connectivity index (χ4v) is 2.01. The van der Waals surface area contributed by atoms with Crippen LogP contribution in [-0.4, -0.2) is 12.1 Å². The van der Waals surface area contributed by atoms with Gasteiger partial charge in [-0.1, -0.05) is 0 Å². The SMILES string of the molecule is COc1ccc2cc(C)sc2n1. The topological polar surface area (TPSA) is 22.1 Å². The van der Waals surface area contributed by atoms with Crippen molar-refractivity contribution in [3.05, 3.63) is 23.1 Å². The molecule has 0 saturated carbocycles. The highest BCUT2D eigenvalue weighted by Gasteiger charge is 2.00. The van der Waals surface area contributed by atoms with E-state index < -0.39 is 0 Å². The fourth-order valence-electron chi connectivity index (χ4n) is 1.14. The van der Waals surface area contributed by atoms with Crippen LogP contribution in [0.2, 0.25) is 0 Å². The van der Waals surface area contributed by atoms with E-state index in [4.69, 9.17) is 4.74 Å². The molecule has 0 atom stereocenters. The highest BCUT2D eigenvalue weighted by molar-refractivity contribution is 7.18. The van der Waals surface area contributed by atoms with Crippen LogP contribution in [-0.2, 0) is 0 Å². The highest BCUT2D eigenvalue weighted by atomic mass is 32.1. The summed E-state index contributed by atoms with van der Waals surface area (Å²) < 4.78 is 5.03. The second kappa shape index (κ2) is 2.75. The van der Waals surface area contributed by atoms with Gasteiger partial charge in [0.1, 0.15) is 4.83 Å². The highest BCUT2D eigenvalue weighted by Crippen LogP contribution is 2.24. The molecule has 0 amide bonds. The molecule has 0 aliphatic heterocycles. The van der Waals surface area contributed by atoms with Gasteiger partial charge < -0.3 is 4.74 Å². The van der Waals surface area contributed by atoms with Gasteiger partial charge in [0, 0.05) is 16.3 Å². The lowest BCUT2D eigenvalue weighted by atomic mass is 10.3. The number of fused-ring (bicyclic) bond motifs is 1. The van der Waals surface area contributed by atoms with Crippen molar-refractivity contribution in [3.63, 3.8) is 0 Å². The van der Waals surface area contributed by atoms with Gasteiger partial charge in [-0.25, -0.2) is 4.98 Å². The van der Waals surface area contributed by atoms with E-state index in [2.05, 4.69) is 18.0 Å². The number of hydrogen-bond acceptors (Lipinski definition) is 3. The molecule has 0 bridgehead atoms. The van der Waals surface area contributed by atoms with Crippen molar-refractivity contribution in [2.45, 2.75) is 6.92 Å². The summed E-state index contributed by atoms with van der Waals surface area (Å²) in [6, 6.07) is 6.05. The first-order valence-electron chi connectivity index (χ1n) is 3.71. The van der Waals surface area contributed by atoms with E-state index in [1.54, 1.807) is 18.4 Å². The molecular formula is C9H9NOS. The molecule has 2 nitrogen and oxygen atoms in total. The molecule has 2 heterocycles. The minimum Gasteiger partial charge on any atom is -0.481 e. The van der Waals surface area contributed by atoms with Gasteiger partial charge in [0.15, 0.2) is 0 Å². The lowest BCUT2D eigenvalue weighted by Crippen LogP contribution is -1.84. The molecule has 0 aromatic carbocycles. The quantitative estimate of drug-likeness (QED) is 0.671. The van der Waals surface area contributed by atoms with Crippen LogP contribution in [0.5, 0.6) is 5.88 Å². The molecular weight excluding hydrogens is 170 g/mol. The Hall–Kier alpha value is -1.09. The lowest BCUT2D eigenvalue weighted by Gasteiger charge is -1.95. The zero-order valence-electron chi connectivity index (χ0n) is 7.00. The Bertz CT molecular complexity index is 408. The molecule has 0 fully saturated rings. The number of thiophene rings is 1. The summed E-state index contributed by atoms with van der Waals surface area (Å²) in [5.74, 6) is 0.685. The predicted octanol–water partition coefficient (Wildman–Crippen LogP) is 2.61. The minimum absolute atomic E-state index is 0.685. The molecule has 0 aliphatic rings. The summed E-state index contributed by atoms with van der Waals surface area (Å²) in [6.07, 6.45) is 0. The number of methoxy groups -OCH3 is 1. The standard InChI is InChI=1S/C9H9NOS/c1-6-5-7-3-4-8(11-2)10-9(7)12-6/h3-5H,1-2H3. The molecule has 0 unspecified atom stereocenters. The number of hydrogen-bond donors (Lipinski definition) is 0. The maximum Gasteiger partial charge on any atom is 0.214 e. The van der Waals surface area contributed by atoms with Gasteiger partial charge in [0.05, 0.1) is 7.11 Å². The number of aromatic nitrogens is 1. The third-order valence-electron chi connectivity index (χ3n) is 1.69. The van der Waals surface area contributed by atoms with Crippen molar-refractivity contribution in [3.8, 4) is 5.88 Å². The van der Waals surface area contributed by atoms with Crippen molar-refractivity contribution in [2.75, 3.05) is 7.11 Å². The van der Waals surface area contributed by atoms with Gasteiger partial charge in [-0.05, 0) is 19.1 Å². The first kappa shape index (κ1) is 7.55. The molecule has 0 radical (unpaired) electrons. The Balaban J connectivity index is 2.66. The average Bonchev–Trinajstić information content (AvgIpc) is 2.43. The Morgan fingerprint density at radius 1 is 1.42 bits per heavy atom. The van der Waals surface area contributed by atoms with E-state index in [1.807, 2.05) is 12.1 Å². The summed E-state index contributed by atoms with van der Waals surface area (Å²) in [5.41, 5.74) is 0. The van der Waals surface area contributed by atoms with Crippen molar-refractivity contribution >= 4 is 21.6 Å². The van der Waals surface area contributed by atoms with Crippen LogP contribution in [0.25, 0.3) is 10.2 Å². The second-order valence-corrected chi connectivity index (χ2v) is 3.84. The zero-order chi connectivity index (χ0) is 8.55. The fraction of sp³-hybridized carbons (Fsp3) is 0.222. The Morgan fingerprint density at radius 2 is 2.25 bits per heavy atom. The number of nitrogens with zero attached hydrogens (tertiary/aromatic N) is 1. The molecule has 2 aromatic rings. The molecule has 0 spiro atoms. The van der Waals surface area contributed by atoms with E-state index in [1.165, 1.54) is 10.3 Å². The molecule has 0 N–H and O–H groups in total. The van der Waals surface area contributed by atoms with E-state index >= 15 is 0 Å². The van der Waals surface area contributed by atoms with Crippen LogP contribution in [0.15, 0.2) is 18.2 Å². The van der Waals surface area contributed by atoms with E-state index in [9.17, 15) is 0 Å². The van der Waals surface area contributed by atoms with Crippen molar-refractivity contribution in [1.29, 1.82) is 0 Å². The molecule has 0 saturated heterocycles. The van der Waals surface area contributed by atoms with Gasteiger partial charge in [0.2, 0.25) is 5.88 Å². The number of aryl methyl sites for hydroxylation is 1. The summed E-state index contributed by atoms with van der Waals surface area (Å²) in [4.78, 5) is 6.64. The Morgan fingerprint density at radius 3 is 3.00 bits per heavy atom. The third kappa shape index (κ3) is 1.16. The molecule has 62 valence electrons. The van der Waals surface area contributed by atoms with Crippen LogP contribution in [0.4, 0.5) is 0 Å². The van der Waals surface area contributed by atoms with Crippen LogP contribution in [0.3, 0.4) is 0 Å². The summed E-state index contributed by atoms with van der Waals surface area (Å²) in [6.45, 7) is 2.08. The Kier molecular flexibility index (Phi) is 1.73. The predicted molar refractivity (Wildman–Crippen MR) is 50.9 cm³/mol. The minimum atomic E-state index is 0.685. The largest absolute Gasteiger partial charge is 0.481 e. The van der Waals surface area contributed by atoms with Crippen LogP contribution in [0, 0.1) is 6.92 Å². The molecule has 3 heteroatoms. The van der Waals surface area contributed by atoms with Gasteiger partial charge >= 0.3 is 0 Å². The third-order valence-corrected chi connectivity index (χ3v) is 2.65. The molecule has 12 heavy (non-hydrogen) atoms. The van der Waals surface area contributed by atoms with Gasteiger partial charge in [-0.2, -0.15) is 0 Å². The number of rotatable bonds is 1. The van der Waals surface area contributed by atoms with Gasteiger partial charge in [-0.15, -0.1) is 11.3 Å². The van der Waals surface area contributed by atoms with Crippen molar-refractivity contribution in [2.24, 2.45) is 0 Å². The van der Waals surface area contributed by atoms with Crippen LogP contribution in [0.1, 0.15) is 4.88 Å². The molecule has 0 aliphatic carbocycles. The van der Waals surface area contributed by atoms with E-state index in [0.717, 1.165) is 4.83 Å². The summed E-state index contributed by atoms with van der Waals surface area (Å²) >= 11 is 1.69. The monoisotopic (exact) mass is 179 g/mol. The Labute approximate surface area is 74.8 Å². The van der Waals surface area contributed by atoms with E-state index in [0.29, 0.717) is 5.88 Å². The maximum absolute atomic E-state index is 5.03. The summed E-state index contributed by atoms with van der Waals surface area (Å²) in [5, 5.41) is 1.19. The van der Waals surface area contributed by atoms with Crippen LogP contribution < -0.4 is 4.74 Å². The number of ether oxygens (including phenoxy) is 1. The first-order valence-corrected chi connectivity index (χ1v) is 4.52. The number of pyridine rings is 1. The van der Waals surface area contributed by atoms with Crippen molar-refractivity contribution in [1.82, 2.24) is 4.98 Å². The smallest absolute Gasteiger partial charge is 0.214 e. The summed E-state index contributed by atoms with van der Waals surface area (Å²) in [7, 11) is 1.63. The van der Waals surface area contributed by atoms with Gasteiger partial charge in [0.25, 0.3) is 0 Å². The first-order chi connectivity index (χ1) is 5.79. The van der Waals surface area contributed by atoms with Crippen LogP contribution >= 0.6 is 11.3 Å². The average molecular weight is 179 g/mol. The van der Waals surface area contributed by atoms with E-state index in [-0.39, 0.29) is 0 Å².